The van der Waals surface area contributed by atoms with Gasteiger partial charge in [-0.2, -0.15) is 0 Å². The first-order chi connectivity index (χ1) is 8.74. The number of para-hydroxylation sites is 1. The number of rotatable bonds is 2. The van der Waals surface area contributed by atoms with Crippen LogP contribution in [0.1, 0.15) is 33.3 Å². The molecule has 2 nitrogen and oxygen atoms in total. The topological polar surface area (TPSA) is 12.5 Å². The van der Waals surface area contributed by atoms with Gasteiger partial charge in [-0.3, -0.25) is 0 Å². The Morgan fingerprint density at radius 1 is 1.21 bits per heavy atom. The van der Waals surface area contributed by atoms with Gasteiger partial charge in [0.25, 0.3) is 0 Å². The van der Waals surface area contributed by atoms with Crippen molar-refractivity contribution in [1.82, 2.24) is 0 Å². The third-order valence-electron chi connectivity index (χ3n) is 3.23. The zero-order chi connectivity index (χ0) is 14.3. The van der Waals surface area contributed by atoms with E-state index in [-0.39, 0.29) is 17.0 Å². The van der Waals surface area contributed by atoms with Gasteiger partial charge in [0, 0.05) is 19.0 Å². The van der Waals surface area contributed by atoms with E-state index in [9.17, 15) is 4.39 Å². The monoisotopic (exact) mass is 285 g/mol. The number of halogens is 2. The van der Waals surface area contributed by atoms with Crippen molar-refractivity contribution >= 4 is 17.3 Å². The van der Waals surface area contributed by atoms with E-state index in [1.165, 1.54) is 6.07 Å². The first-order valence-electron chi connectivity index (χ1n) is 6.53. The van der Waals surface area contributed by atoms with Gasteiger partial charge in [-0.25, -0.2) is 4.39 Å². The van der Waals surface area contributed by atoms with Crippen LogP contribution in [0.4, 0.5) is 10.1 Å². The Bertz CT molecular complexity index is 457. The van der Waals surface area contributed by atoms with E-state index in [1.54, 1.807) is 6.07 Å². The molecule has 4 heteroatoms. The smallest absolute Gasteiger partial charge is 0.146 e. The van der Waals surface area contributed by atoms with Crippen molar-refractivity contribution in [2.24, 2.45) is 0 Å². The Morgan fingerprint density at radius 2 is 1.79 bits per heavy atom. The van der Waals surface area contributed by atoms with Crippen LogP contribution in [0.2, 0.25) is 0 Å². The molecule has 1 heterocycles. The predicted molar refractivity (Wildman–Crippen MR) is 77.4 cm³/mol. The van der Waals surface area contributed by atoms with Crippen LogP contribution >= 0.6 is 11.6 Å². The number of alkyl halides is 1. The van der Waals surface area contributed by atoms with E-state index in [4.69, 9.17) is 16.3 Å². The molecule has 0 unspecified atom stereocenters. The predicted octanol–water partition coefficient (Wildman–Crippen LogP) is 3.96. The molecule has 0 radical (unpaired) electrons. The summed E-state index contributed by atoms with van der Waals surface area (Å²) in [4.78, 5) is 2.05. The minimum Gasteiger partial charge on any atom is -0.366 e. The van der Waals surface area contributed by atoms with Crippen LogP contribution < -0.4 is 4.90 Å². The fourth-order valence-electron chi connectivity index (χ4n) is 2.97. The number of ether oxygens (including phenoxy) is 1. The van der Waals surface area contributed by atoms with Crippen molar-refractivity contribution in [3.8, 4) is 0 Å². The largest absolute Gasteiger partial charge is 0.366 e. The molecule has 1 aliphatic rings. The molecule has 1 aromatic rings. The number of morpholine rings is 1. The third-order valence-corrected chi connectivity index (χ3v) is 3.51. The minimum absolute atomic E-state index is 0.216. The molecular formula is C15H21ClFNO. The van der Waals surface area contributed by atoms with Crippen molar-refractivity contribution in [2.45, 2.75) is 44.8 Å². The molecule has 0 bridgehead atoms. The molecule has 19 heavy (non-hydrogen) atoms. The molecular weight excluding hydrogens is 265 g/mol. The van der Waals surface area contributed by atoms with Crippen LogP contribution in [0.3, 0.4) is 0 Å². The van der Waals surface area contributed by atoms with Crippen molar-refractivity contribution < 1.29 is 9.13 Å². The lowest BCUT2D eigenvalue weighted by Gasteiger charge is -2.48. The summed E-state index contributed by atoms with van der Waals surface area (Å²) in [6.45, 7) is 9.43. The van der Waals surface area contributed by atoms with Gasteiger partial charge in [0.05, 0.1) is 16.9 Å². The highest BCUT2D eigenvalue weighted by Crippen LogP contribution is 2.34. The van der Waals surface area contributed by atoms with Crippen molar-refractivity contribution in [1.29, 1.82) is 0 Å². The molecule has 0 amide bonds. The summed E-state index contributed by atoms with van der Waals surface area (Å²) in [6, 6.07) is 5.06. The molecule has 0 spiro atoms. The van der Waals surface area contributed by atoms with Gasteiger partial charge in [-0.05, 0) is 39.3 Å². The Hall–Kier alpha value is -0.800. The summed E-state index contributed by atoms with van der Waals surface area (Å²) in [7, 11) is 0. The zero-order valence-corrected chi connectivity index (χ0v) is 12.7. The molecule has 1 fully saturated rings. The molecule has 0 saturated carbocycles. The second-order valence-electron chi connectivity index (χ2n) is 6.36. The fraction of sp³-hybridized carbons (Fsp3) is 0.600. The molecule has 0 atom stereocenters. The maximum atomic E-state index is 14.2. The Balaban J connectivity index is 2.41. The van der Waals surface area contributed by atoms with Crippen molar-refractivity contribution in [3.05, 3.63) is 29.6 Å². The molecule has 1 aliphatic heterocycles. The van der Waals surface area contributed by atoms with Crippen LogP contribution in [0.25, 0.3) is 0 Å². The lowest BCUT2D eigenvalue weighted by Crippen LogP contribution is -2.57. The summed E-state index contributed by atoms with van der Waals surface area (Å²) >= 11 is 5.94. The second kappa shape index (κ2) is 4.95. The second-order valence-corrected chi connectivity index (χ2v) is 6.63. The highest BCUT2D eigenvalue weighted by atomic mass is 35.5. The van der Waals surface area contributed by atoms with Gasteiger partial charge in [-0.1, -0.05) is 12.1 Å². The van der Waals surface area contributed by atoms with Crippen LogP contribution in [-0.4, -0.2) is 24.3 Å². The first kappa shape index (κ1) is 14.6. The van der Waals surface area contributed by atoms with Crippen LogP contribution in [-0.2, 0) is 10.6 Å². The highest BCUT2D eigenvalue weighted by Gasteiger charge is 2.39. The van der Waals surface area contributed by atoms with E-state index in [2.05, 4.69) is 4.90 Å². The van der Waals surface area contributed by atoms with E-state index >= 15 is 0 Å². The van der Waals surface area contributed by atoms with E-state index < -0.39 is 0 Å². The van der Waals surface area contributed by atoms with Gasteiger partial charge in [0.15, 0.2) is 0 Å². The third kappa shape index (κ3) is 3.21. The SMILES string of the molecule is CC1(C)CN(c2c(F)cccc2CCl)CC(C)(C)O1. The number of nitrogens with zero attached hydrogens (tertiary/aromatic N) is 1. The maximum absolute atomic E-state index is 14.2. The summed E-state index contributed by atoms with van der Waals surface area (Å²) in [6.07, 6.45) is 0. The van der Waals surface area contributed by atoms with Gasteiger partial charge < -0.3 is 9.64 Å². The standard InChI is InChI=1S/C15H21ClFNO/c1-14(2)9-18(10-15(3,4)19-14)13-11(8-16)6-5-7-12(13)17/h5-7H,8-10H2,1-4H3. The number of hydrogen-bond donors (Lipinski definition) is 0. The molecule has 0 aromatic heterocycles. The average molecular weight is 286 g/mol. The average Bonchev–Trinajstić information content (AvgIpc) is 2.24. The van der Waals surface area contributed by atoms with Crippen molar-refractivity contribution in [2.75, 3.05) is 18.0 Å². The Kier molecular flexibility index (Phi) is 3.80. The van der Waals surface area contributed by atoms with E-state index in [0.29, 0.717) is 24.7 Å². The molecule has 2 rings (SSSR count). The first-order valence-corrected chi connectivity index (χ1v) is 7.06. The molecule has 1 saturated heterocycles. The molecule has 0 N–H and O–H groups in total. The fourth-order valence-corrected chi connectivity index (χ4v) is 3.18. The number of anilines is 1. The quantitative estimate of drug-likeness (QED) is 0.763. The summed E-state index contributed by atoms with van der Waals surface area (Å²) in [5.41, 5.74) is 0.818. The lowest BCUT2D eigenvalue weighted by atomic mass is 9.97. The summed E-state index contributed by atoms with van der Waals surface area (Å²) < 4.78 is 20.2. The Labute approximate surface area is 119 Å². The summed E-state index contributed by atoms with van der Waals surface area (Å²) in [5.74, 6) is 0.0948. The van der Waals surface area contributed by atoms with Crippen LogP contribution in [0.15, 0.2) is 18.2 Å². The van der Waals surface area contributed by atoms with Crippen LogP contribution in [0.5, 0.6) is 0 Å². The number of hydrogen-bond acceptors (Lipinski definition) is 2. The van der Waals surface area contributed by atoms with Gasteiger partial charge in [0.1, 0.15) is 5.82 Å². The highest BCUT2D eigenvalue weighted by molar-refractivity contribution is 6.17. The van der Waals surface area contributed by atoms with Gasteiger partial charge >= 0.3 is 0 Å². The molecule has 0 aliphatic carbocycles. The van der Waals surface area contributed by atoms with Crippen LogP contribution in [0, 0.1) is 5.82 Å². The molecule has 1 aromatic carbocycles. The zero-order valence-electron chi connectivity index (χ0n) is 12.0. The van der Waals surface area contributed by atoms with E-state index in [1.807, 2.05) is 33.8 Å². The Morgan fingerprint density at radius 3 is 2.32 bits per heavy atom. The van der Waals surface area contributed by atoms with Gasteiger partial charge in [0.2, 0.25) is 0 Å². The minimum atomic E-state index is -0.312. The lowest BCUT2D eigenvalue weighted by molar-refractivity contribution is -0.133. The van der Waals surface area contributed by atoms with E-state index in [0.717, 1.165) is 5.56 Å². The molecule has 106 valence electrons. The van der Waals surface area contributed by atoms with Gasteiger partial charge in [-0.15, -0.1) is 11.6 Å². The summed E-state index contributed by atoms with van der Waals surface area (Å²) in [5, 5.41) is 0. The number of benzene rings is 1. The maximum Gasteiger partial charge on any atom is 0.146 e. The normalized spacial score (nSPS) is 21.5. The van der Waals surface area contributed by atoms with Crippen molar-refractivity contribution in [3.63, 3.8) is 0 Å².